The van der Waals surface area contributed by atoms with Crippen molar-refractivity contribution in [2.24, 2.45) is 5.84 Å². The summed E-state index contributed by atoms with van der Waals surface area (Å²) >= 11 is 1.73. The number of hydrogen-bond donors (Lipinski definition) is 2. The third-order valence-corrected chi connectivity index (χ3v) is 4.89. The molecule has 1 fully saturated rings. The SMILES string of the molecule is NNC(c1ccsc1)C1(c2ccccc2)CCC1. The first-order valence-electron chi connectivity index (χ1n) is 6.40. The van der Waals surface area contributed by atoms with Gasteiger partial charge in [-0.1, -0.05) is 36.8 Å². The summed E-state index contributed by atoms with van der Waals surface area (Å²) in [7, 11) is 0. The zero-order valence-electron chi connectivity index (χ0n) is 10.3. The maximum Gasteiger partial charge on any atom is 0.0564 e. The van der Waals surface area contributed by atoms with Gasteiger partial charge in [0, 0.05) is 5.41 Å². The van der Waals surface area contributed by atoms with Crippen molar-refractivity contribution < 1.29 is 0 Å². The second kappa shape index (κ2) is 4.84. The highest BCUT2D eigenvalue weighted by atomic mass is 32.1. The van der Waals surface area contributed by atoms with Gasteiger partial charge in [-0.25, -0.2) is 0 Å². The maximum absolute atomic E-state index is 5.85. The van der Waals surface area contributed by atoms with E-state index >= 15 is 0 Å². The van der Waals surface area contributed by atoms with Crippen molar-refractivity contribution >= 4 is 11.3 Å². The number of hydrogen-bond acceptors (Lipinski definition) is 3. The molecule has 3 rings (SSSR count). The summed E-state index contributed by atoms with van der Waals surface area (Å²) in [6, 6.07) is 13.2. The van der Waals surface area contributed by atoms with Gasteiger partial charge in [0.05, 0.1) is 6.04 Å². The van der Waals surface area contributed by atoms with Crippen LogP contribution in [0, 0.1) is 0 Å². The molecule has 0 radical (unpaired) electrons. The molecule has 1 atom stereocenters. The van der Waals surface area contributed by atoms with Crippen molar-refractivity contribution in [3.63, 3.8) is 0 Å². The maximum atomic E-state index is 5.85. The molecule has 0 aliphatic heterocycles. The van der Waals surface area contributed by atoms with Crippen molar-refractivity contribution in [1.29, 1.82) is 0 Å². The second-order valence-corrected chi connectivity index (χ2v) is 5.81. The monoisotopic (exact) mass is 258 g/mol. The van der Waals surface area contributed by atoms with E-state index < -0.39 is 0 Å². The fourth-order valence-electron chi connectivity index (χ4n) is 3.09. The molecule has 1 saturated carbocycles. The van der Waals surface area contributed by atoms with Gasteiger partial charge in [0.2, 0.25) is 0 Å². The van der Waals surface area contributed by atoms with Gasteiger partial charge in [0.25, 0.3) is 0 Å². The Balaban J connectivity index is 2.01. The summed E-state index contributed by atoms with van der Waals surface area (Å²) < 4.78 is 0. The number of thiophene rings is 1. The molecule has 1 aromatic carbocycles. The Morgan fingerprint density at radius 3 is 2.44 bits per heavy atom. The van der Waals surface area contributed by atoms with E-state index in [-0.39, 0.29) is 11.5 Å². The van der Waals surface area contributed by atoms with Gasteiger partial charge < -0.3 is 0 Å². The van der Waals surface area contributed by atoms with Crippen LogP contribution >= 0.6 is 11.3 Å². The van der Waals surface area contributed by atoms with E-state index in [2.05, 4.69) is 52.6 Å². The van der Waals surface area contributed by atoms with Crippen LogP contribution in [0.25, 0.3) is 0 Å². The van der Waals surface area contributed by atoms with Crippen LogP contribution in [0.1, 0.15) is 36.4 Å². The minimum Gasteiger partial charge on any atom is -0.271 e. The molecule has 0 saturated heterocycles. The number of nitrogens with two attached hydrogens (primary N) is 1. The van der Waals surface area contributed by atoms with Crippen LogP contribution in [0.5, 0.6) is 0 Å². The minimum absolute atomic E-state index is 0.178. The molecule has 1 aliphatic carbocycles. The molecule has 3 heteroatoms. The average molecular weight is 258 g/mol. The van der Waals surface area contributed by atoms with Gasteiger partial charge in [-0.3, -0.25) is 11.3 Å². The topological polar surface area (TPSA) is 38.0 Å². The molecule has 18 heavy (non-hydrogen) atoms. The van der Waals surface area contributed by atoms with Gasteiger partial charge in [-0.2, -0.15) is 11.3 Å². The smallest absolute Gasteiger partial charge is 0.0564 e. The average Bonchev–Trinajstić information content (AvgIpc) is 2.88. The fraction of sp³-hybridized carbons (Fsp3) is 0.333. The zero-order chi connectivity index (χ0) is 12.4. The minimum atomic E-state index is 0.178. The van der Waals surface area contributed by atoms with E-state index in [1.165, 1.54) is 30.4 Å². The number of rotatable bonds is 4. The van der Waals surface area contributed by atoms with Crippen LogP contribution in [0.15, 0.2) is 47.2 Å². The highest BCUT2D eigenvalue weighted by Gasteiger charge is 2.45. The third-order valence-electron chi connectivity index (χ3n) is 4.19. The van der Waals surface area contributed by atoms with Gasteiger partial charge in [0.1, 0.15) is 0 Å². The molecule has 1 unspecified atom stereocenters. The molecule has 0 spiro atoms. The van der Waals surface area contributed by atoms with Crippen LogP contribution in [0.3, 0.4) is 0 Å². The molecular formula is C15H18N2S. The van der Waals surface area contributed by atoms with E-state index in [4.69, 9.17) is 5.84 Å². The number of hydrazine groups is 1. The third kappa shape index (κ3) is 1.79. The first-order valence-corrected chi connectivity index (χ1v) is 7.35. The van der Waals surface area contributed by atoms with Crippen molar-refractivity contribution in [1.82, 2.24) is 5.43 Å². The highest BCUT2D eigenvalue weighted by molar-refractivity contribution is 7.07. The molecule has 2 aromatic rings. The summed E-state index contributed by atoms with van der Waals surface area (Å²) in [5.41, 5.74) is 5.95. The lowest BCUT2D eigenvalue weighted by atomic mass is 9.59. The molecule has 94 valence electrons. The molecule has 1 aliphatic rings. The van der Waals surface area contributed by atoms with Crippen LogP contribution < -0.4 is 11.3 Å². The summed E-state index contributed by atoms with van der Waals surface area (Å²) in [6.45, 7) is 0. The second-order valence-electron chi connectivity index (χ2n) is 5.03. The Morgan fingerprint density at radius 2 is 1.94 bits per heavy atom. The van der Waals surface area contributed by atoms with E-state index in [9.17, 15) is 0 Å². The van der Waals surface area contributed by atoms with Crippen molar-refractivity contribution in [2.45, 2.75) is 30.7 Å². The fourth-order valence-corrected chi connectivity index (χ4v) is 3.77. The van der Waals surface area contributed by atoms with E-state index in [0.717, 1.165) is 0 Å². The molecule has 1 heterocycles. The predicted molar refractivity (Wildman–Crippen MR) is 76.4 cm³/mol. The Labute approximate surface area is 112 Å². The van der Waals surface area contributed by atoms with Crippen LogP contribution in [0.4, 0.5) is 0 Å². The number of benzene rings is 1. The quantitative estimate of drug-likeness (QED) is 0.652. The van der Waals surface area contributed by atoms with Crippen molar-refractivity contribution in [2.75, 3.05) is 0 Å². The summed E-state index contributed by atoms with van der Waals surface area (Å²) in [5.74, 6) is 5.85. The Bertz CT molecular complexity index is 488. The van der Waals surface area contributed by atoms with Crippen molar-refractivity contribution in [3.05, 3.63) is 58.3 Å². The Kier molecular flexibility index (Phi) is 3.20. The summed E-state index contributed by atoms with van der Waals surface area (Å²) in [6.07, 6.45) is 3.71. The van der Waals surface area contributed by atoms with E-state index in [1.807, 2.05) is 0 Å². The van der Waals surface area contributed by atoms with E-state index in [1.54, 1.807) is 11.3 Å². The van der Waals surface area contributed by atoms with Crippen LogP contribution in [-0.2, 0) is 5.41 Å². The van der Waals surface area contributed by atoms with Crippen LogP contribution in [-0.4, -0.2) is 0 Å². The predicted octanol–water partition coefficient (Wildman–Crippen LogP) is 3.37. The first kappa shape index (κ1) is 11.9. The summed E-state index contributed by atoms with van der Waals surface area (Å²) in [5, 5.41) is 4.32. The Hall–Kier alpha value is -1.16. The lowest BCUT2D eigenvalue weighted by Crippen LogP contribution is -2.48. The van der Waals surface area contributed by atoms with Gasteiger partial charge in [0.15, 0.2) is 0 Å². The molecule has 0 bridgehead atoms. The highest BCUT2D eigenvalue weighted by Crippen LogP contribution is 2.52. The molecule has 2 nitrogen and oxygen atoms in total. The lowest BCUT2D eigenvalue weighted by molar-refractivity contribution is 0.170. The lowest BCUT2D eigenvalue weighted by Gasteiger charge is -2.48. The summed E-state index contributed by atoms with van der Waals surface area (Å²) in [4.78, 5) is 0. The zero-order valence-corrected chi connectivity index (χ0v) is 11.1. The van der Waals surface area contributed by atoms with Gasteiger partial charge in [-0.15, -0.1) is 0 Å². The standard InChI is InChI=1S/C15H18N2S/c16-17-14(12-7-10-18-11-12)15(8-4-9-15)13-5-2-1-3-6-13/h1-3,5-7,10-11,14,17H,4,8-9,16H2. The first-order chi connectivity index (χ1) is 8.87. The number of nitrogens with one attached hydrogen (secondary N) is 1. The largest absolute Gasteiger partial charge is 0.271 e. The van der Waals surface area contributed by atoms with Gasteiger partial charge >= 0.3 is 0 Å². The molecule has 1 aromatic heterocycles. The van der Waals surface area contributed by atoms with E-state index in [0.29, 0.717) is 0 Å². The van der Waals surface area contributed by atoms with Crippen LogP contribution in [0.2, 0.25) is 0 Å². The van der Waals surface area contributed by atoms with Gasteiger partial charge in [-0.05, 0) is 40.8 Å². The van der Waals surface area contributed by atoms with Crippen molar-refractivity contribution in [3.8, 4) is 0 Å². The Morgan fingerprint density at radius 1 is 1.17 bits per heavy atom. The molecule has 0 amide bonds. The molecular weight excluding hydrogens is 240 g/mol. The normalized spacial score (nSPS) is 19.2. The molecule has 3 N–H and O–H groups in total.